The molecular weight excluding hydrogens is 336 g/mol. The summed E-state index contributed by atoms with van der Waals surface area (Å²) in [5.41, 5.74) is 3.16. The molecule has 1 amide bonds. The SMILES string of the molecule is CCNC(=NCC(=O)N1CCc2ccccc2C1)N1CCC2(CCCC2)C1. The monoisotopic (exact) mass is 368 g/mol. The van der Waals surface area contributed by atoms with Gasteiger partial charge in [0.1, 0.15) is 6.54 Å². The van der Waals surface area contributed by atoms with Gasteiger partial charge in [0.25, 0.3) is 0 Å². The van der Waals surface area contributed by atoms with Crippen molar-refractivity contribution in [3.63, 3.8) is 0 Å². The summed E-state index contributed by atoms with van der Waals surface area (Å²) in [4.78, 5) is 21.8. The number of guanidine groups is 1. The molecule has 27 heavy (non-hydrogen) atoms. The normalized spacial score (nSPS) is 21.6. The van der Waals surface area contributed by atoms with Crippen molar-refractivity contribution >= 4 is 11.9 Å². The van der Waals surface area contributed by atoms with Crippen LogP contribution in [0.1, 0.15) is 50.2 Å². The predicted octanol–water partition coefficient (Wildman–Crippen LogP) is 2.80. The van der Waals surface area contributed by atoms with Crippen molar-refractivity contribution in [2.45, 2.75) is 52.0 Å². The van der Waals surface area contributed by atoms with Gasteiger partial charge in [0.05, 0.1) is 0 Å². The minimum atomic E-state index is 0.134. The number of carbonyl (C=O) groups excluding carboxylic acids is 1. The van der Waals surface area contributed by atoms with Gasteiger partial charge in [0.15, 0.2) is 5.96 Å². The molecule has 2 aliphatic heterocycles. The number of amides is 1. The fourth-order valence-electron chi connectivity index (χ4n) is 5.03. The second-order valence-corrected chi connectivity index (χ2v) is 8.38. The minimum absolute atomic E-state index is 0.134. The van der Waals surface area contributed by atoms with Crippen molar-refractivity contribution in [2.24, 2.45) is 10.4 Å². The molecule has 1 saturated carbocycles. The quantitative estimate of drug-likeness (QED) is 0.659. The Labute approximate surface area is 162 Å². The van der Waals surface area contributed by atoms with Gasteiger partial charge < -0.3 is 15.1 Å². The molecule has 5 heteroatoms. The van der Waals surface area contributed by atoms with Crippen LogP contribution < -0.4 is 5.32 Å². The zero-order valence-corrected chi connectivity index (χ0v) is 16.5. The fourth-order valence-corrected chi connectivity index (χ4v) is 5.03. The van der Waals surface area contributed by atoms with Crippen LogP contribution in [0.2, 0.25) is 0 Å². The van der Waals surface area contributed by atoms with E-state index < -0.39 is 0 Å². The minimum Gasteiger partial charge on any atom is -0.357 e. The number of fused-ring (bicyclic) bond motifs is 1. The average molecular weight is 369 g/mol. The Morgan fingerprint density at radius 1 is 1.11 bits per heavy atom. The van der Waals surface area contributed by atoms with Crippen molar-refractivity contribution in [2.75, 3.05) is 32.7 Å². The highest BCUT2D eigenvalue weighted by atomic mass is 16.2. The molecule has 4 rings (SSSR count). The van der Waals surface area contributed by atoms with Gasteiger partial charge in [-0.05, 0) is 49.1 Å². The molecule has 0 radical (unpaired) electrons. The Kier molecular flexibility index (Phi) is 5.37. The summed E-state index contributed by atoms with van der Waals surface area (Å²) in [6.45, 7) is 6.87. The van der Waals surface area contributed by atoms with E-state index >= 15 is 0 Å². The molecule has 0 unspecified atom stereocenters. The second-order valence-electron chi connectivity index (χ2n) is 8.38. The summed E-state index contributed by atoms with van der Waals surface area (Å²) < 4.78 is 0. The maximum absolute atomic E-state index is 12.8. The first-order chi connectivity index (χ1) is 13.2. The van der Waals surface area contributed by atoms with Crippen LogP contribution in [0.15, 0.2) is 29.3 Å². The molecule has 1 aliphatic carbocycles. The van der Waals surface area contributed by atoms with Gasteiger partial charge >= 0.3 is 0 Å². The lowest BCUT2D eigenvalue weighted by atomic mass is 9.86. The van der Waals surface area contributed by atoms with E-state index in [2.05, 4.69) is 41.4 Å². The lowest BCUT2D eigenvalue weighted by molar-refractivity contribution is -0.130. The van der Waals surface area contributed by atoms with Gasteiger partial charge in [-0.25, -0.2) is 4.99 Å². The number of likely N-dealkylation sites (tertiary alicyclic amines) is 1. The number of carbonyl (C=O) groups is 1. The van der Waals surface area contributed by atoms with Crippen LogP contribution in [-0.2, 0) is 17.8 Å². The molecule has 3 aliphatic rings. The average Bonchev–Trinajstić information content (AvgIpc) is 3.34. The van der Waals surface area contributed by atoms with Crippen LogP contribution in [0.5, 0.6) is 0 Å². The van der Waals surface area contributed by atoms with Crippen molar-refractivity contribution in [3.05, 3.63) is 35.4 Å². The van der Waals surface area contributed by atoms with Gasteiger partial charge in [0.2, 0.25) is 5.91 Å². The molecule has 5 nitrogen and oxygen atoms in total. The van der Waals surface area contributed by atoms with Crippen LogP contribution in [-0.4, -0.2) is 54.4 Å². The highest BCUT2D eigenvalue weighted by Crippen LogP contribution is 2.45. The molecular formula is C22H32N4O. The third kappa shape index (κ3) is 3.97. The van der Waals surface area contributed by atoms with Crippen LogP contribution in [0.3, 0.4) is 0 Å². The fraction of sp³-hybridized carbons (Fsp3) is 0.636. The highest BCUT2D eigenvalue weighted by Gasteiger charge is 2.41. The van der Waals surface area contributed by atoms with E-state index in [1.807, 2.05) is 4.90 Å². The van der Waals surface area contributed by atoms with Crippen molar-refractivity contribution < 1.29 is 4.79 Å². The van der Waals surface area contributed by atoms with Gasteiger partial charge in [-0.3, -0.25) is 4.79 Å². The van der Waals surface area contributed by atoms with Gasteiger partial charge in [-0.15, -0.1) is 0 Å². The summed E-state index contributed by atoms with van der Waals surface area (Å²) in [5.74, 6) is 1.06. The van der Waals surface area contributed by atoms with Crippen molar-refractivity contribution in [3.8, 4) is 0 Å². The zero-order chi connectivity index (χ0) is 18.7. The summed E-state index contributed by atoms with van der Waals surface area (Å²) in [6.07, 6.45) is 7.67. The van der Waals surface area contributed by atoms with E-state index in [1.165, 1.54) is 43.2 Å². The molecule has 0 bridgehead atoms. The topological polar surface area (TPSA) is 47.9 Å². The van der Waals surface area contributed by atoms with E-state index in [0.29, 0.717) is 12.0 Å². The number of rotatable bonds is 3. The largest absolute Gasteiger partial charge is 0.357 e. The lowest BCUT2D eigenvalue weighted by Crippen LogP contribution is -2.42. The Balaban J connectivity index is 1.38. The first-order valence-corrected chi connectivity index (χ1v) is 10.6. The summed E-state index contributed by atoms with van der Waals surface area (Å²) >= 11 is 0. The van der Waals surface area contributed by atoms with Crippen LogP contribution in [0, 0.1) is 5.41 Å². The molecule has 0 aromatic heterocycles. The molecule has 2 heterocycles. The molecule has 1 aromatic carbocycles. The summed E-state index contributed by atoms with van der Waals surface area (Å²) in [7, 11) is 0. The molecule has 1 N–H and O–H groups in total. The lowest BCUT2D eigenvalue weighted by Gasteiger charge is -2.29. The molecule has 146 valence electrons. The van der Waals surface area contributed by atoms with Gasteiger partial charge in [0, 0.05) is 32.7 Å². The molecule has 1 spiro atoms. The van der Waals surface area contributed by atoms with Crippen LogP contribution in [0.4, 0.5) is 0 Å². The number of aliphatic imine (C=N–C) groups is 1. The Morgan fingerprint density at radius 2 is 1.89 bits per heavy atom. The zero-order valence-electron chi connectivity index (χ0n) is 16.5. The first-order valence-electron chi connectivity index (χ1n) is 10.6. The van der Waals surface area contributed by atoms with E-state index in [9.17, 15) is 4.79 Å². The van der Waals surface area contributed by atoms with Gasteiger partial charge in [-0.2, -0.15) is 0 Å². The van der Waals surface area contributed by atoms with E-state index in [1.54, 1.807) is 0 Å². The Bertz CT molecular complexity index is 708. The number of hydrogen-bond donors (Lipinski definition) is 1. The Morgan fingerprint density at radius 3 is 2.67 bits per heavy atom. The number of benzene rings is 1. The smallest absolute Gasteiger partial charge is 0.244 e. The number of nitrogens with zero attached hydrogens (tertiary/aromatic N) is 3. The third-order valence-electron chi connectivity index (χ3n) is 6.58. The number of hydrogen-bond acceptors (Lipinski definition) is 2. The highest BCUT2D eigenvalue weighted by molar-refractivity contribution is 5.85. The maximum atomic E-state index is 12.8. The van der Waals surface area contributed by atoms with Gasteiger partial charge in [-0.1, -0.05) is 37.1 Å². The third-order valence-corrected chi connectivity index (χ3v) is 6.58. The van der Waals surface area contributed by atoms with E-state index in [-0.39, 0.29) is 12.5 Å². The standard InChI is InChI=1S/C22H32N4O/c1-2-23-21(26-14-12-22(17-26)10-5-6-11-22)24-15-20(27)25-13-9-18-7-3-4-8-19(18)16-25/h3-4,7-8H,2,5-6,9-17H2,1H3,(H,23,24). The van der Waals surface area contributed by atoms with E-state index in [0.717, 1.165) is 38.6 Å². The Hall–Kier alpha value is -2.04. The van der Waals surface area contributed by atoms with Crippen LogP contribution >= 0.6 is 0 Å². The molecule has 0 atom stereocenters. The second kappa shape index (κ2) is 7.91. The van der Waals surface area contributed by atoms with Crippen molar-refractivity contribution in [1.29, 1.82) is 0 Å². The number of nitrogens with one attached hydrogen (secondary N) is 1. The molecule has 2 fully saturated rings. The van der Waals surface area contributed by atoms with E-state index in [4.69, 9.17) is 4.99 Å². The summed E-state index contributed by atoms with van der Waals surface area (Å²) in [5, 5.41) is 3.41. The predicted molar refractivity (Wildman–Crippen MR) is 109 cm³/mol. The first kappa shape index (κ1) is 18.3. The summed E-state index contributed by atoms with van der Waals surface area (Å²) in [6, 6.07) is 8.44. The maximum Gasteiger partial charge on any atom is 0.244 e. The molecule has 1 aromatic rings. The molecule has 1 saturated heterocycles. The van der Waals surface area contributed by atoms with Crippen molar-refractivity contribution in [1.82, 2.24) is 15.1 Å². The van der Waals surface area contributed by atoms with Crippen LogP contribution in [0.25, 0.3) is 0 Å².